The molecule has 124 valence electrons. The number of piperazine rings is 1. The van der Waals surface area contributed by atoms with E-state index < -0.39 is 0 Å². The number of nitrogens with zero attached hydrogens (tertiary/aromatic N) is 4. The van der Waals surface area contributed by atoms with Gasteiger partial charge in [-0.2, -0.15) is 0 Å². The van der Waals surface area contributed by atoms with Crippen LogP contribution in [0.4, 0.5) is 0 Å². The van der Waals surface area contributed by atoms with Crippen molar-refractivity contribution in [3.63, 3.8) is 0 Å². The van der Waals surface area contributed by atoms with Gasteiger partial charge in [-0.05, 0) is 36.2 Å². The Bertz CT molecular complexity index is 821. The maximum Gasteiger partial charge on any atom is 0.167 e. The van der Waals surface area contributed by atoms with Crippen LogP contribution >= 0.6 is 0 Å². The lowest BCUT2D eigenvalue weighted by molar-refractivity contribution is 0.120. The summed E-state index contributed by atoms with van der Waals surface area (Å²) in [4.78, 5) is 9.21. The Labute approximate surface area is 141 Å². The second-order valence-electron chi connectivity index (χ2n) is 6.48. The summed E-state index contributed by atoms with van der Waals surface area (Å²) in [6.45, 7) is 8.26. The van der Waals surface area contributed by atoms with E-state index in [0.717, 1.165) is 55.9 Å². The van der Waals surface area contributed by atoms with E-state index in [-0.39, 0.29) is 0 Å². The minimum absolute atomic E-state index is 0.858. The topological polar surface area (TPSA) is 45.4 Å². The number of pyridine rings is 1. The average Bonchev–Trinajstić information content (AvgIpc) is 3.02. The van der Waals surface area contributed by atoms with Crippen molar-refractivity contribution < 1.29 is 4.52 Å². The van der Waals surface area contributed by atoms with Crippen LogP contribution in [0.2, 0.25) is 0 Å². The molecular weight excluding hydrogens is 300 g/mol. The van der Waals surface area contributed by atoms with Crippen LogP contribution < -0.4 is 0 Å². The van der Waals surface area contributed by atoms with Gasteiger partial charge in [0.1, 0.15) is 5.69 Å². The highest BCUT2D eigenvalue weighted by molar-refractivity contribution is 5.79. The molecular formula is C19H22N4O. The molecule has 0 N–H and O–H groups in total. The number of hydrogen-bond donors (Lipinski definition) is 0. The molecule has 0 amide bonds. The van der Waals surface area contributed by atoms with Gasteiger partial charge in [0.25, 0.3) is 0 Å². The van der Waals surface area contributed by atoms with Crippen LogP contribution in [-0.2, 0) is 13.1 Å². The maximum absolute atomic E-state index is 5.41. The SMILES string of the molecule is Cc1ccncc1CN1CCN(Cc2noc3ccccc23)CC1. The normalized spacial score (nSPS) is 16.7. The van der Waals surface area contributed by atoms with Crippen LogP contribution in [0.3, 0.4) is 0 Å². The number of para-hydroxylation sites is 1. The van der Waals surface area contributed by atoms with Crippen molar-refractivity contribution in [2.45, 2.75) is 20.0 Å². The molecule has 5 nitrogen and oxygen atoms in total. The Hall–Kier alpha value is -2.24. The lowest BCUT2D eigenvalue weighted by atomic mass is 10.1. The molecule has 1 aromatic carbocycles. The smallest absolute Gasteiger partial charge is 0.167 e. The maximum atomic E-state index is 5.41. The van der Waals surface area contributed by atoms with Gasteiger partial charge in [0.2, 0.25) is 0 Å². The van der Waals surface area contributed by atoms with Crippen molar-refractivity contribution >= 4 is 11.0 Å². The fourth-order valence-electron chi connectivity index (χ4n) is 3.27. The molecule has 0 saturated carbocycles. The van der Waals surface area contributed by atoms with Gasteiger partial charge in [-0.1, -0.05) is 17.3 Å². The minimum atomic E-state index is 0.858. The van der Waals surface area contributed by atoms with Gasteiger partial charge in [-0.25, -0.2) is 0 Å². The summed E-state index contributed by atoms with van der Waals surface area (Å²) in [5.74, 6) is 0. The van der Waals surface area contributed by atoms with Crippen LogP contribution in [0.1, 0.15) is 16.8 Å². The Morgan fingerprint density at radius 3 is 2.54 bits per heavy atom. The number of aryl methyl sites for hydroxylation is 1. The Balaban J connectivity index is 1.35. The second-order valence-corrected chi connectivity index (χ2v) is 6.48. The second kappa shape index (κ2) is 6.71. The van der Waals surface area contributed by atoms with Crippen molar-refractivity contribution in [1.82, 2.24) is 19.9 Å². The molecule has 5 heteroatoms. The van der Waals surface area contributed by atoms with Gasteiger partial charge in [-0.15, -0.1) is 0 Å². The summed E-state index contributed by atoms with van der Waals surface area (Å²) < 4.78 is 5.41. The summed E-state index contributed by atoms with van der Waals surface area (Å²) in [6, 6.07) is 10.2. The predicted molar refractivity (Wildman–Crippen MR) is 93.5 cm³/mol. The largest absolute Gasteiger partial charge is 0.356 e. The zero-order chi connectivity index (χ0) is 16.4. The zero-order valence-corrected chi connectivity index (χ0v) is 14.0. The Kier molecular flexibility index (Phi) is 4.28. The van der Waals surface area contributed by atoms with Gasteiger partial charge in [0.15, 0.2) is 5.58 Å². The first kappa shape index (κ1) is 15.3. The molecule has 1 saturated heterocycles. The molecule has 0 spiro atoms. The molecule has 0 atom stereocenters. The molecule has 0 unspecified atom stereocenters. The number of rotatable bonds is 4. The molecule has 3 heterocycles. The molecule has 0 aliphatic carbocycles. The fraction of sp³-hybridized carbons (Fsp3) is 0.368. The molecule has 1 aliphatic rings. The highest BCUT2D eigenvalue weighted by atomic mass is 16.5. The third-order valence-corrected chi connectivity index (χ3v) is 4.83. The van der Waals surface area contributed by atoms with E-state index in [1.165, 1.54) is 11.1 Å². The van der Waals surface area contributed by atoms with E-state index >= 15 is 0 Å². The van der Waals surface area contributed by atoms with Gasteiger partial charge >= 0.3 is 0 Å². The lowest BCUT2D eigenvalue weighted by Crippen LogP contribution is -2.45. The van der Waals surface area contributed by atoms with Gasteiger partial charge in [0, 0.05) is 57.0 Å². The molecule has 24 heavy (non-hydrogen) atoms. The van der Waals surface area contributed by atoms with Crippen molar-refractivity contribution in [2.24, 2.45) is 0 Å². The molecule has 3 aromatic rings. The first-order valence-corrected chi connectivity index (χ1v) is 8.47. The van der Waals surface area contributed by atoms with Crippen LogP contribution in [0.5, 0.6) is 0 Å². The predicted octanol–water partition coefficient (Wildman–Crippen LogP) is 2.85. The van der Waals surface area contributed by atoms with Crippen LogP contribution in [0.25, 0.3) is 11.0 Å². The monoisotopic (exact) mass is 322 g/mol. The van der Waals surface area contributed by atoms with Crippen LogP contribution in [0.15, 0.2) is 47.2 Å². The van der Waals surface area contributed by atoms with E-state index in [4.69, 9.17) is 4.52 Å². The van der Waals surface area contributed by atoms with E-state index in [9.17, 15) is 0 Å². The molecule has 1 aliphatic heterocycles. The van der Waals surface area contributed by atoms with Crippen molar-refractivity contribution in [2.75, 3.05) is 26.2 Å². The Morgan fingerprint density at radius 1 is 1.00 bits per heavy atom. The first-order chi connectivity index (χ1) is 11.8. The number of fused-ring (bicyclic) bond motifs is 1. The minimum Gasteiger partial charge on any atom is -0.356 e. The molecule has 4 rings (SSSR count). The van der Waals surface area contributed by atoms with Crippen LogP contribution in [0, 0.1) is 6.92 Å². The highest BCUT2D eigenvalue weighted by Gasteiger charge is 2.19. The number of hydrogen-bond acceptors (Lipinski definition) is 5. The number of aromatic nitrogens is 2. The summed E-state index contributed by atoms with van der Waals surface area (Å²) >= 11 is 0. The molecule has 1 fully saturated rings. The zero-order valence-electron chi connectivity index (χ0n) is 14.0. The Morgan fingerprint density at radius 2 is 1.75 bits per heavy atom. The number of benzene rings is 1. The summed E-state index contributed by atoms with van der Waals surface area (Å²) in [5.41, 5.74) is 4.57. The first-order valence-electron chi connectivity index (χ1n) is 8.47. The van der Waals surface area contributed by atoms with Gasteiger partial charge in [-0.3, -0.25) is 14.8 Å². The summed E-state index contributed by atoms with van der Waals surface area (Å²) in [5, 5.41) is 5.38. The van der Waals surface area contributed by atoms with E-state index in [1.807, 2.05) is 30.6 Å². The third-order valence-electron chi connectivity index (χ3n) is 4.83. The summed E-state index contributed by atoms with van der Waals surface area (Å²) in [7, 11) is 0. The van der Waals surface area contributed by atoms with Crippen molar-refractivity contribution in [3.05, 3.63) is 59.5 Å². The van der Waals surface area contributed by atoms with Crippen molar-refractivity contribution in [3.8, 4) is 0 Å². The van der Waals surface area contributed by atoms with Crippen molar-refractivity contribution in [1.29, 1.82) is 0 Å². The average molecular weight is 322 g/mol. The fourth-order valence-corrected chi connectivity index (χ4v) is 3.27. The standard InChI is InChI=1S/C19H22N4O/c1-15-6-7-20-12-16(15)13-22-8-10-23(11-9-22)14-18-17-4-2-3-5-19(17)24-21-18/h2-7,12H,8-11,13-14H2,1H3. The molecule has 0 radical (unpaired) electrons. The third kappa shape index (κ3) is 3.18. The van der Waals surface area contributed by atoms with E-state index in [2.05, 4.69) is 39.0 Å². The quantitative estimate of drug-likeness (QED) is 0.739. The lowest BCUT2D eigenvalue weighted by Gasteiger charge is -2.34. The van der Waals surface area contributed by atoms with Crippen LogP contribution in [-0.4, -0.2) is 46.1 Å². The van der Waals surface area contributed by atoms with Gasteiger partial charge < -0.3 is 4.52 Å². The van der Waals surface area contributed by atoms with E-state index in [0.29, 0.717) is 0 Å². The molecule has 2 aromatic heterocycles. The summed E-state index contributed by atoms with van der Waals surface area (Å²) in [6.07, 6.45) is 3.85. The van der Waals surface area contributed by atoms with E-state index in [1.54, 1.807) is 0 Å². The molecule has 0 bridgehead atoms. The van der Waals surface area contributed by atoms with Gasteiger partial charge in [0.05, 0.1) is 0 Å². The highest BCUT2D eigenvalue weighted by Crippen LogP contribution is 2.20.